The second-order valence-electron chi connectivity index (χ2n) is 4.11. The molecule has 0 saturated carbocycles. The first-order valence-corrected chi connectivity index (χ1v) is 6.41. The average molecular weight is 319 g/mol. The van der Waals surface area contributed by atoms with Gasteiger partial charge in [0.05, 0.1) is 16.9 Å². The minimum Gasteiger partial charge on any atom is -0.375 e. The Hall–Kier alpha value is -2.16. The largest absolute Gasteiger partial charge is 0.416 e. The zero-order valence-electron chi connectivity index (χ0n) is 10.6. The van der Waals surface area contributed by atoms with Gasteiger partial charge in [0.15, 0.2) is 5.13 Å². The predicted octanol–water partition coefficient (Wildman–Crippen LogP) is 3.44. The van der Waals surface area contributed by atoms with Crippen molar-refractivity contribution in [2.24, 2.45) is 0 Å². The van der Waals surface area contributed by atoms with Crippen molar-refractivity contribution in [3.63, 3.8) is 0 Å². The third kappa shape index (κ3) is 3.30. The minimum absolute atomic E-state index is 0.115. The van der Waals surface area contributed by atoms with Crippen molar-refractivity contribution in [1.82, 2.24) is 4.98 Å². The molecule has 21 heavy (non-hydrogen) atoms. The van der Waals surface area contributed by atoms with Crippen LogP contribution in [-0.2, 0) is 6.18 Å². The number of nitrogens with zero attached hydrogens (tertiary/aromatic N) is 1. The molecule has 0 bridgehead atoms. The number of rotatable bonds is 2. The van der Waals surface area contributed by atoms with E-state index in [9.17, 15) is 22.4 Å². The highest BCUT2D eigenvalue weighted by molar-refractivity contribution is 7.17. The molecule has 0 aliphatic carbocycles. The Morgan fingerprint density at radius 2 is 2.05 bits per heavy atom. The Balaban J connectivity index is 2.31. The molecular weight excluding hydrogens is 310 g/mol. The van der Waals surface area contributed by atoms with Crippen molar-refractivity contribution in [3.05, 3.63) is 40.2 Å². The quantitative estimate of drug-likeness (QED) is 0.833. The summed E-state index contributed by atoms with van der Waals surface area (Å²) in [6.45, 7) is 1.52. The summed E-state index contributed by atoms with van der Waals surface area (Å²) in [5.74, 6) is -1.73. The maximum atomic E-state index is 13.5. The van der Waals surface area contributed by atoms with E-state index >= 15 is 0 Å². The lowest BCUT2D eigenvalue weighted by Gasteiger charge is -2.10. The molecule has 0 atom stereocenters. The number of amides is 1. The number of carbonyl (C=O) groups excluding carboxylic acids is 1. The van der Waals surface area contributed by atoms with Gasteiger partial charge in [-0.15, -0.1) is 0 Å². The number of aromatic nitrogens is 1. The molecule has 0 fully saturated rings. The van der Waals surface area contributed by atoms with E-state index in [1.165, 1.54) is 6.92 Å². The number of alkyl halides is 3. The number of hydrogen-bond acceptors (Lipinski definition) is 4. The zero-order valence-corrected chi connectivity index (χ0v) is 11.4. The van der Waals surface area contributed by atoms with Crippen LogP contribution in [0.15, 0.2) is 18.2 Å². The molecule has 0 spiro atoms. The number of nitrogens with one attached hydrogen (secondary N) is 1. The fourth-order valence-corrected chi connectivity index (χ4v) is 2.33. The number of benzene rings is 1. The van der Waals surface area contributed by atoms with Gasteiger partial charge >= 0.3 is 6.18 Å². The standard InChI is InChI=1S/C12H9F4N3OS/c1-5-9(21-11(17)18-5)10(20)19-8-4-6(12(14,15)16)2-3-7(8)13/h2-4H,1H3,(H2,17,18)(H,19,20). The first-order valence-electron chi connectivity index (χ1n) is 5.59. The maximum Gasteiger partial charge on any atom is 0.416 e. The van der Waals surface area contributed by atoms with Crippen LogP contribution in [0, 0.1) is 12.7 Å². The molecule has 0 aliphatic rings. The van der Waals surface area contributed by atoms with E-state index in [1.807, 2.05) is 0 Å². The number of nitrogen functional groups attached to an aromatic ring is 1. The van der Waals surface area contributed by atoms with E-state index in [4.69, 9.17) is 5.73 Å². The number of thiazole rings is 1. The summed E-state index contributed by atoms with van der Waals surface area (Å²) in [5, 5.41) is 2.23. The molecule has 1 aromatic heterocycles. The van der Waals surface area contributed by atoms with E-state index in [0.29, 0.717) is 23.9 Å². The zero-order chi connectivity index (χ0) is 15.8. The van der Waals surface area contributed by atoms with Crippen LogP contribution in [0.1, 0.15) is 20.9 Å². The molecule has 2 rings (SSSR count). The molecule has 4 nitrogen and oxygen atoms in total. The Morgan fingerprint density at radius 3 is 2.57 bits per heavy atom. The first-order chi connectivity index (χ1) is 9.68. The summed E-state index contributed by atoms with van der Waals surface area (Å²) in [6.07, 6.45) is -4.63. The van der Waals surface area contributed by atoms with E-state index in [1.54, 1.807) is 0 Å². The second-order valence-corrected chi connectivity index (χ2v) is 5.14. The number of aryl methyl sites for hydroxylation is 1. The highest BCUT2D eigenvalue weighted by Gasteiger charge is 2.31. The Morgan fingerprint density at radius 1 is 1.38 bits per heavy atom. The van der Waals surface area contributed by atoms with Gasteiger partial charge in [0, 0.05) is 0 Å². The maximum absolute atomic E-state index is 13.5. The monoisotopic (exact) mass is 319 g/mol. The fourth-order valence-electron chi connectivity index (χ4n) is 1.60. The summed E-state index contributed by atoms with van der Waals surface area (Å²) in [7, 11) is 0. The molecule has 0 saturated heterocycles. The summed E-state index contributed by atoms with van der Waals surface area (Å²) in [5.41, 5.74) is 4.14. The third-order valence-electron chi connectivity index (χ3n) is 2.56. The number of hydrogen-bond donors (Lipinski definition) is 2. The summed E-state index contributed by atoms with van der Waals surface area (Å²) in [4.78, 5) is 15.8. The van der Waals surface area contributed by atoms with Crippen LogP contribution >= 0.6 is 11.3 Å². The summed E-state index contributed by atoms with van der Waals surface area (Å²) < 4.78 is 51.2. The van der Waals surface area contributed by atoms with Gasteiger partial charge in [-0.25, -0.2) is 9.37 Å². The van der Waals surface area contributed by atoms with Gasteiger partial charge < -0.3 is 11.1 Å². The van der Waals surface area contributed by atoms with Crippen LogP contribution in [0.25, 0.3) is 0 Å². The van der Waals surface area contributed by atoms with Crippen molar-refractivity contribution >= 4 is 28.1 Å². The first kappa shape index (κ1) is 15.2. The van der Waals surface area contributed by atoms with Gasteiger partial charge in [-0.1, -0.05) is 11.3 Å². The molecular formula is C12H9F4N3OS. The van der Waals surface area contributed by atoms with Gasteiger partial charge in [0.2, 0.25) is 0 Å². The molecule has 112 valence electrons. The number of carbonyl (C=O) groups is 1. The molecule has 1 amide bonds. The molecule has 0 aliphatic heterocycles. The fraction of sp³-hybridized carbons (Fsp3) is 0.167. The molecule has 9 heteroatoms. The van der Waals surface area contributed by atoms with Crippen LogP contribution in [0.2, 0.25) is 0 Å². The molecule has 0 unspecified atom stereocenters. The Kier molecular flexibility index (Phi) is 3.86. The smallest absolute Gasteiger partial charge is 0.375 e. The Labute approximate surface area is 120 Å². The van der Waals surface area contributed by atoms with Crippen LogP contribution in [0.4, 0.5) is 28.4 Å². The van der Waals surface area contributed by atoms with Crippen LogP contribution in [0.5, 0.6) is 0 Å². The second kappa shape index (κ2) is 5.32. The van der Waals surface area contributed by atoms with E-state index in [2.05, 4.69) is 10.3 Å². The van der Waals surface area contributed by atoms with Crippen LogP contribution < -0.4 is 11.1 Å². The molecule has 1 aromatic carbocycles. The van der Waals surface area contributed by atoms with E-state index in [0.717, 1.165) is 11.3 Å². The molecule has 3 N–H and O–H groups in total. The van der Waals surface area contributed by atoms with Crippen molar-refractivity contribution in [1.29, 1.82) is 0 Å². The molecule has 0 radical (unpaired) electrons. The minimum atomic E-state index is -4.63. The average Bonchev–Trinajstić information content (AvgIpc) is 2.70. The lowest BCUT2D eigenvalue weighted by molar-refractivity contribution is -0.137. The van der Waals surface area contributed by atoms with Gasteiger partial charge in [-0.05, 0) is 25.1 Å². The van der Waals surface area contributed by atoms with Crippen molar-refractivity contribution in [2.75, 3.05) is 11.1 Å². The number of halogens is 4. The summed E-state index contributed by atoms with van der Waals surface area (Å²) >= 11 is 0.867. The van der Waals surface area contributed by atoms with Crippen molar-refractivity contribution in [3.8, 4) is 0 Å². The topological polar surface area (TPSA) is 68.0 Å². The van der Waals surface area contributed by atoms with Gasteiger partial charge in [-0.2, -0.15) is 13.2 Å². The van der Waals surface area contributed by atoms with Crippen LogP contribution in [0.3, 0.4) is 0 Å². The lowest BCUT2D eigenvalue weighted by Crippen LogP contribution is -2.14. The highest BCUT2D eigenvalue weighted by atomic mass is 32.1. The number of nitrogens with two attached hydrogens (primary N) is 1. The van der Waals surface area contributed by atoms with Crippen LogP contribution in [-0.4, -0.2) is 10.9 Å². The Bertz CT molecular complexity index is 696. The molecule has 1 heterocycles. The lowest BCUT2D eigenvalue weighted by atomic mass is 10.2. The van der Waals surface area contributed by atoms with Crippen molar-refractivity contribution < 1.29 is 22.4 Å². The SMILES string of the molecule is Cc1nc(N)sc1C(=O)Nc1cc(C(F)(F)F)ccc1F. The van der Waals surface area contributed by atoms with E-state index < -0.39 is 29.2 Å². The normalized spacial score (nSPS) is 11.5. The highest BCUT2D eigenvalue weighted by Crippen LogP contribution is 2.32. The summed E-state index contributed by atoms with van der Waals surface area (Å²) in [6, 6.07) is 1.78. The predicted molar refractivity (Wildman–Crippen MR) is 70.6 cm³/mol. The van der Waals surface area contributed by atoms with Crippen molar-refractivity contribution in [2.45, 2.75) is 13.1 Å². The van der Waals surface area contributed by atoms with Gasteiger partial charge in [0.25, 0.3) is 5.91 Å². The molecule has 2 aromatic rings. The van der Waals surface area contributed by atoms with Gasteiger partial charge in [-0.3, -0.25) is 4.79 Å². The van der Waals surface area contributed by atoms with E-state index in [-0.39, 0.29) is 10.0 Å². The third-order valence-corrected chi connectivity index (χ3v) is 3.55. The number of anilines is 2. The van der Waals surface area contributed by atoms with Gasteiger partial charge in [0.1, 0.15) is 10.7 Å².